The van der Waals surface area contributed by atoms with Crippen LogP contribution >= 0.6 is 0 Å². The molecule has 0 bridgehead atoms. The van der Waals surface area contributed by atoms with Crippen molar-refractivity contribution in [1.82, 2.24) is 0 Å². The van der Waals surface area contributed by atoms with Crippen LogP contribution in [-0.2, 0) is 11.2 Å². The molecule has 0 saturated carbocycles. The Bertz CT molecular complexity index is 232. The summed E-state index contributed by atoms with van der Waals surface area (Å²) < 4.78 is 12.6. The van der Waals surface area contributed by atoms with Crippen molar-refractivity contribution in [2.75, 3.05) is 0 Å². The molecule has 51 valence electrons. The Hall–Kier alpha value is -1.18. The third-order valence-corrected chi connectivity index (χ3v) is 1.22. The standard InChI is InChI=1S/C8H6FO/c9-8-4-2-1-3-7(8)5-6-10/h1-4H,5H2. The van der Waals surface area contributed by atoms with Gasteiger partial charge >= 0.3 is 0 Å². The average molecular weight is 137 g/mol. The second kappa shape index (κ2) is 3.11. The number of hydrogen-bond donors (Lipinski definition) is 0. The van der Waals surface area contributed by atoms with Crippen LogP contribution in [0, 0.1) is 5.82 Å². The first-order valence-corrected chi connectivity index (χ1v) is 2.93. The van der Waals surface area contributed by atoms with Gasteiger partial charge in [-0.25, -0.2) is 4.39 Å². The van der Waals surface area contributed by atoms with Crippen LogP contribution in [0.4, 0.5) is 4.39 Å². The highest BCUT2D eigenvalue weighted by Gasteiger charge is 1.97. The van der Waals surface area contributed by atoms with Gasteiger partial charge in [0.1, 0.15) is 5.82 Å². The Kier molecular flexibility index (Phi) is 2.15. The Morgan fingerprint density at radius 1 is 1.40 bits per heavy atom. The lowest BCUT2D eigenvalue weighted by atomic mass is 10.2. The summed E-state index contributed by atoms with van der Waals surface area (Å²) in [5, 5.41) is 0. The van der Waals surface area contributed by atoms with Gasteiger partial charge in [-0.3, -0.25) is 4.79 Å². The first-order chi connectivity index (χ1) is 4.84. The average Bonchev–Trinajstić information content (AvgIpc) is 1.94. The maximum absolute atomic E-state index is 12.6. The largest absolute Gasteiger partial charge is 0.291 e. The first-order valence-electron chi connectivity index (χ1n) is 2.93. The lowest BCUT2D eigenvalue weighted by Crippen LogP contribution is -1.89. The van der Waals surface area contributed by atoms with E-state index >= 15 is 0 Å². The summed E-state index contributed by atoms with van der Waals surface area (Å²) in [5.41, 5.74) is 0.400. The van der Waals surface area contributed by atoms with Crippen molar-refractivity contribution in [3.8, 4) is 0 Å². The molecule has 1 nitrogen and oxygen atoms in total. The summed E-state index contributed by atoms with van der Waals surface area (Å²) in [4.78, 5) is 9.83. The fraction of sp³-hybridized carbons (Fsp3) is 0.125. The van der Waals surface area contributed by atoms with E-state index in [2.05, 4.69) is 0 Å². The molecule has 0 N–H and O–H groups in total. The van der Waals surface area contributed by atoms with Gasteiger partial charge in [0.05, 0.1) is 0 Å². The van der Waals surface area contributed by atoms with E-state index in [0.717, 1.165) is 0 Å². The van der Waals surface area contributed by atoms with Gasteiger partial charge in [0, 0.05) is 6.42 Å². The van der Waals surface area contributed by atoms with Crippen LogP contribution in [0.1, 0.15) is 5.56 Å². The molecule has 1 rings (SSSR count). The maximum atomic E-state index is 12.6. The van der Waals surface area contributed by atoms with Crippen LogP contribution in [0.15, 0.2) is 24.3 Å². The summed E-state index contributed by atoms with van der Waals surface area (Å²) in [6.07, 6.45) is 1.67. The highest BCUT2D eigenvalue weighted by atomic mass is 19.1. The molecular formula is C8H6FO. The van der Waals surface area contributed by atoms with Gasteiger partial charge in [-0.2, -0.15) is 0 Å². The SMILES string of the molecule is O=[C]Cc1ccccc1F. The Balaban J connectivity index is 2.91. The van der Waals surface area contributed by atoms with E-state index in [1.54, 1.807) is 24.5 Å². The van der Waals surface area contributed by atoms with Crippen molar-refractivity contribution >= 4 is 6.29 Å². The zero-order valence-corrected chi connectivity index (χ0v) is 5.30. The zero-order valence-electron chi connectivity index (χ0n) is 5.30. The van der Waals surface area contributed by atoms with Crippen LogP contribution in [0.2, 0.25) is 0 Å². The van der Waals surface area contributed by atoms with E-state index < -0.39 is 0 Å². The summed E-state index contributed by atoms with van der Waals surface area (Å²) in [6.45, 7) is 0. The van der Waals surface area contributed by atoms with Gasteiger partial charge in [0.2, 0.25) is 6.29 Å². The zero-order chi connectivity index (χ0) is 7.40. The number of carbonyl (C=O) groups excluding carboxylic acids is 1. The molecule has 2 heteroatoms. The molecule has 0 aromatic heterocycles. The lowest BCUT2D eigenvalue weighted by Gasteiger charge is -1.93. The van der Waals surface area contributed by atoms with Gasteiger partial charge in [-0.05, 0) is 11.6 Å². The molecular weight excluding hydrogens is 131 g/mol. The summed E-state index contributed by atoms with van der Waals surface area (Å²) >= 11 is 0. The molecule has 0 saturated heterocycles. The van der Waals surface area contributed by atoms with Crippen molar-refractivity contribution in [3.05, 3.63) is 35.6 Å². The molecule has 1 radical (unpaired) electrons. The molecule has 0 aliphatic carbocycles. The molecule has 10 heavy (non-hydrogen) atoms. The minimum absolute atomic E-state index is 0.0344. The third kappa shape index (κ3) is 1.41. The molecule has 0 fully saturated rings. The molecule has 1 aromatic rings. The second-order valence-electron chi connectivity index (χ2n) is 1.91. The van der Waals surface area contributed by atoms with Crippen LogP contribution < -0.4 is 0 Å². The normalized spacial score (nSPS) is 9.30. The predicted molar refractivity (Wildman–Crippen MR) is 35.8 cm³/mol. The van der Waals surface area contributed by atoms with E-state index in [4.69, 9.17) is 0 Å². The lowest BCUT2D eigenvalue weighted by molar-refractivity contribution is 0.551. The molecule has 0 amide bonds. The van der Waals surface area contributed by atoms with E-state index in [0.29, 0.717) is 5.56 Å². The van der Waals surface area contributed by atoms with Crippen LogP contribution in [0.25, 0.3) is 0 Å². The molecule has 0 spiro atoms. The van der Waals surface area contributed by atoms with E-state index in [-0.39, 0.29) is 12.2 Å². The van der Waals surface area contributed by atoms with Gasteiger partial charge < -0.3 is 0 Å². The van der Waals surface area contributed by atoms with Gasteiger partial charge in [0.25, 0.3) is 0 Å². The fourth-order valence-electron chi connectivity index (χ4n) is 0.720. The Morgan fingerprint density at radius 2 is 2.10 bits per heavy atom. The fourth-order valence-corrected chi connectivity index (χ4v) is 0.720. The molecule has 0 heterocycles. The molecule has 0 unspecified atom stereocenters. The van der Waals surface area contributed by atoms with Crippen LogP contribution in [0.5, 0.6) is 0 Å². The van der Waals surface area contributed by atoms with Crippen molar-refractivity contribution < 1.29 is 9.18 Å². The minimum atomic E-state index is -0.342. The number of halogens is 1. The summed E-state index contributed by atoms with van der Waals surface area (Å²) in [7, 11) is 0. The number of hydrogen-bond acceptors (Lipinski definition) is 1. The highest BCUT2D eigenvalue weighted by molar-refractivity contribution is 5.55. The van der Waals surface area contributed by atoms with Gasteiger partial charge in [-0.1, -0.05) is 18.2 Å². The quantitative estimate of drug-likeness (QED) is 0.603. The van der Waals surface area contributed by atoms with Crippen LogP contribution in [0.3, 0.4) is 0 Å². The topological polar surface area (TPSA) is 17.1 Å². The molecule has 1 aromatic carbocycles. The smallest absolute Gasteiger partial charge is 0.203 e. The number of rotatable bonds is 2. The van der Waals surface area contributed by atoms with Crippen LogP contribution in [-0.4, -0.2) is 6.29 Å². The first kappa shape index (κ1) is 6.93. The van der Waals surface area contributed by atoms with Crippen molar-refractivity contribution in [3.63, 3.8) is 0 Å². The highest BCUT2D eigenvalue weighted by Crippen LogP contribution is 2.04. The molecule has 0 aliphatic rings. The maximum Gasteiger partial charge on any atom is 0.203 e. The van der Waals surface area contributed by atoms with E-state index in [1.165, 1.54) is 6.07 Å². The van der Waals surface area contributed by atoms with Crippen molar-refractivity contribution in [1.29, 1.82) is 0 Å². The second-order valence-corrected chi connectivity index (χ2v) is 1.91. The van der Waals surface area contributed by atoms with E-state index in [1.807, 2.05) is 0 Å². The minimum Gasteiger partial charge on any atom is -0.291 e. The number of benzene rings is 1. The third-order valence-electron chi connectivity index (χ3n) is 1.22. The summed E-state index contributed by atoms with van der Waals surface area (Å²) in [5.74, 6) is -0.342. The Labute approximate surface area is 58.5 Å². The van der Waals surface area contributed by atoms with Crippen molar-refractivity contribution in [2.45, 2.75) is 6.42 Å². The monoisotopic (exact) mass is 137 g/mol. The Morgan fingerprint density at radius 3 is 2.70 bits per heavy atom. The van der Waals surface area contributed by atoms with Gasteiger partial charge in [-0.15, -0.1) is 0 Å². The predicted octanol–water partition coefficient (Wildman–Crippen LogP) is 1.48. The summed E-state index contributed by atoms with van der Waals surface area (Å²) in [6, 6.07) is 6.17. The molecule has 0 atom stereocenters. The van der Waals surface area contributed by atoms with Crippen molar-refractivity contribution in [2.24, 2.45) is 0 Å². The molecule has 0 aliphatic heterocycles. The van der Waals surface area contributed by atoms with E-state index in [9.17, 15) is 9.18 Å². The van der Waals surface area contributed by atoms with Gasteiger partial charge in [0.15, 0.2) is 0 Å².